The molecule has 2 N–H and O–H groups in total. The molecule has 0 spiro atoms. The molecule has 0 aliphatic carbocycles. The maximum absolute atomic E-state index is 12.8. The van der Waals surface area contributed by atoms with Gasteiger partial charge in [0.05, 0.1) is 12.5 Å². The summed E-state index contributed by atoms with van der Waals surface area (Å²) in [7, 11) is 0. The lowest BCUT2D eigenvalue weighted by atomic mass is 9.89. The fraction of sp³-hybridized carbons (Fsp3) is 0.476. The summed E-state index contributed by atoms with van der Waals surface area (Å²) in [5.41, 5.74) is 12.0. The predicted molar refractivity (Wildman–Crippen MR) is 99.8 cm³/mol. The van der Waals surface area contributed by atoms with Crippen molar-refractivity contribution in [1.29, 1.82) is 0 Å². The van der Waals surface area contributed by atoms with Crippen LogP contribution >= 0.6 is 0 Å². The Hall–Kier alpha value is -2.07. The molecule has 0 fully saturated rings. The van der Waals surface area contributed by atoms with Crippen molar-refractivity contribution < 1.29 is 9.21 Å². The number of nitrogens with two attached hydrogens (primary N) is 1. The molecule has 1 aliphatic heterocycles. The predicted octanol–water partition coefficient (Wildman–Crippen LogP) is 3.64. The zero-order valence-electron chi connectivity index (χ0n) is 15.5. The zero-order chi connectivity index (χ0) is 18.0. The number of amides is 1. The molecule has 2 aromatic rings. The highest BCUT2D eigenvalue weighted by atomic mass is 16.3. The van der Waals surface area contributed by atoms with E-state index in [-0.39, 0.29) is 11.4 Å². The van der Waals surface area contributed by atoms with Crippen LogP contribution in [-0.2, 0) is 12.8 Å². The molecular formula is C21H28N2O2. The highest BCUT2D eigenvalue weighted by Gasteiger charge is 2.27. The SMILES string of the molecule is Cc1ccc2c(c1C)CCN(CCC(C)(N)CCc1ccoc1)C2=O. The summed E-state index contributed by atoms with van der Waals surface area (Å²) in [5, 5.41) is 0. The molecule has 1 amide bonds. The van der Waals surface area contributed by atoms with E-state index >= 15 is 0 Å². The smallest absolute Gasteiger partial charge is 0.254 e. The molecule has 0 saturated heterocycles. The van der Waals surface area contributed by atoms with Crippen LogP contribution in [0.4, 0.5) is 0 Å². The van der Waals surface area contributed by atoms with Crippen molar-refractivity contribution >= 4 is 5.91 Å². The van der Waals surface area contributed by atoms with Crippen molar-refractivity contribution in [3.63, 3.8) is 0 Å². The van der Waals surface area contributed by atoms with Gasteiger partial charge in [-0.05, 0) is 80.8 Å². The maximum Gasteiger partial charge on any atom is 0.254 e. The Balaban J connectivity index is 1.60. The monoisotopic (exact) mass is 340 g/mol. The lowest BCUT2D eigenvalue weighted by Gasteiger charge is -2.33. The Kier molecular flexibility index (Phi) is 5.00. The van der Waals surface area contributed by atoms with Gasteiger partial charge in [-0.3, -0.25) is 4.79 Å². The molecule has 25 heavy (non-hydrogen) atoms. The molecule has 0 radical (unpaired) electrons. The lowest BCUT2D eigenvalue weighted by molar-refractivity contribution is 0.0726. The topological polar surface area (TPSA) is 59.5 Å². The number of hydrogen-bond acceptors (Lipinski definition) is 3. The number of furan rings is 1. The second-order valence-corrected chi connectivity index (χ2v) is 7.61. The quantitative estimate of drug-likeness (QED) is 0.873. The summed E-state index contributed by atoms with van der Waals surface area (Å²) >= 11 is 0. The van der Waals surface area contributed by atoms with E-state index in [1.54, 1.807) is 12.5 Å². The van der Waals surface area contributed by atoms with Crippen LogP contribution in [0.25, 0.3) is 0 Å². The van der Waals surface area contributed by atoms with E-state index < -0.39 is 0 Å². The van der Waals surface area contributed by atoms with Crippen molar-refractivity contribution in [3.8, 4) is 0 Å². The number of aryl methyl sites for hydroxylation is 2. The molecule has 0 saturated carbocycles. The number of hydrogen-bond donors (Lipinski definition) is 1. The molecular weight excluding hydrogens is 312 g/mol. The molecule has 1 unspecified atom stereocenters. The van der Waals surface area contributed by atoms with Gasteiger partial charge < -0.3 is 15.1 Å². The van der Waals surface area contributed by atoms with Crippen molar-refractivity contribution in [1.82, 2.24) is 4.90 Å². The summed E-state index contributed by atoms with van der Waals surface area (Å²) in [6.07, 6.45) is 6.98. The van der Waals surface area contributed by atoms with Gasteiger partial charge in [-0.1, -0.05) is 6.07 Å². The van der Waals surface area contributed by atoms with Crippen molar-refractivity contribution in [2.75, 3.05) is 13.1 Å². The standard InChI is InChI=1S/C21H28N2O2/c1-15-4-5-19-18(16(15)2)7-11-23(20(19)24)12-10-21(3,22)9-6-17-8-13-25-14-17/h4-5,8,13-14H,6-7,9-12,22H2,1-3H3. The highest BCUT2D eigenvalue weighted by molar-refractivity contribution is 5.97. The Bertz CT molecular complexity index is 748. The Labute approximate surface area is 150 Å². The molecule has 2 heterocycles. The molecule has 3 rings (SSSR count). The fourth-order valence-corrected chi connectivity index (χ4v) is 3.51. The molecule has 134 valence electrons. The van der Waals surface area contributed by atoms with E-state index in [4.69, 9.17) is 10.2 Å². The second-order valence-electron chi connectivity index (χ2n) is 7.61. The van der Waals surface area contributed by atoms with E-state index in [2.05, 4.69) is 20.8 Å². The summed E-state index contributed by atoms with van der Waals surface area (Å²) in [6, 6.07) is 6.01. The summed E-state index contributed by atoms with van der Waals surface area (Å²) in [6.45, 7) is 7.79. The van der Waals surface area contributed by atoms with Gasteiger partial charge in [-0.2, -0.15) is 0 Å². The van der Waals surface area contributed by atoms with Gasteiger partial charge >= 0.3 is 0 Å². The van der Waals surface area contributed by atoms with E-state index in [0.29, 0.717) is 6.54 Å². The molecule has 1 aromatic carbocycles. The lowest BCUT2D eigenvalue weighted by Crippen LogP contribution is -2.44. The molecule has 1 aliphatic rings. The number of carbonyl (C=O) groups is 1. The first-order valence-corrected chi connectivity index (χ1v) is 9.06. The van der Waals surface area contributed by atoms with Gasteiger partial charge in [0, 0.05) is 24.2 Å². The number of rotatable bonds is 6. The van der Waals surface area contributed by atoms with Crippen molar-refractivity contribution in [3.05, 3.63) is 58.5 Å². The molecule has 1 atom stereocenters. The highest BCUT2D eigenvalue weighted by Crippen LogP contribution is 2.25. The Morgan fingerprint density at radius 1 is 1.24 bits per heavy atom. The van der Waals surface area contributed by atoms with E-state index in [9.17, 15) is 4.79 Å². The molecule has 4 heteroatoms. The summed E-state index contributed by atoms with van der Waals surface area (Å²) in [4.78, 5) is 14.8. The third-order valence-corrected chi connectivity index (χ3v) is 5.54. The fourth-order valence-electron chi connectivity index (χ4n) is 3.51. The molecule has 4 nitrogen and oxygen atoms in total. The van der Waals surface area contributed by atoms with E-state index in [1.165, 1.54) is 22.3 Å². The van der Waals surface area contributed by atoms with Gasteiger partial charge in [0.15, 0.2) is 0 Å². The van der Waals surface area contributed by atoms with Gasteiger partial charge in [-0.25, -0.2) is 0 Å². The van der Waals surface area contributed by atoms with Gasteiger partial charge in [0.1, 0.15) is 0 Å². The van der Waals surface area contributed by atoms with Crippen LogP contribution in [0, 0.1) is 13.8 Å². The van der Waals surface area contributed by atoms with E-state index in [1.807, 2.05) is 23.1 Å². The minimum atomic E-state index is -0.291. The van der Waals surface area contributed by atoms with Gasteiger partial charge in [0.25, 0.3) is 5.91 Å². The Morgan fingerprint density at radius 2 is 2.04 bits per heavy atom. The average Bonchev–Trinajstić information content (AvgIpc) is 3.10. The van der Waals surface area contributed by atoms with E-state index in [0.717, 1.165) is 37.8 Å². The number of carbonyl (C=O) groups excluding carboxylic acids is 1. The maximum atomic E-state index is 12.8. The third-order valence-electron chi connectivity index (χ3n) is 5.54. The third kappa shape index (κ3) is 3.96. The average molecular weight is 340 g/mol. The van der Waals surface area contributed by atoms with Crippen LogP contribution in [0.1, 0.15) is 52.4 Å². The van der Waals surface area contributed by atoms with Crippen LogP contribution in [-0.4, -0.2) is 29.4 Å². The second kappa shape index (κ2) is 7.04. The Morgan fingerprint density at radius 3 is 2.76 bits per heavy atom. The van der Waals surface area contributed by atoms with Gasteiger partial charge in [0.2, 0.25) is 0 Å². The number of benzene rings is 1. The largest absolute Gasteiger partial charge is 0.472 e. The summed E-state index contributed by atoms with van der Waals surface area (Å²) < 4.78 is 5.11. The number of fused-ring (bicyclic) bond motifs is 1. The number of nitrogens with zero attached hydrogens (tertiary/aromatic N) is 1. The first-order valence-electron chi connectivity index (χ1n) is 9.06. The molecule has 0 bridgehead atoms. The van der Waals surface area contributed by atoms with Gasteiger partial charge in [-0.15, -0.1) is 0 Å². The van der Waals surface area contributed by atoms with Crippen molar-refractivity contribution in [2.45, 2.75) is 52.0 Å². The van der Waals surface area contributed by atoms with Crippen LogP contribution in [0.3, 0.4) is 0 Å². The first-order chi connectivity index (χ1) is 11.9. The zero-order valence-corrected chi connectivity index (χ0v) is 15.5. The van der Waals surface area contributed by atoms with Crippen LogP contribution in [0.15, 0.2) is 35.1 Å². The van der Waals surface area contributed by atoms with Crippen LogP contribution in [0.5, 0.6) is 0 Å². The van der Waals surface area contributed by atoms with Crippen LogP contribution < -0.4 is 5.73 Å². The minimum absolute atomic E-state index is 0.148. The van der Waals surface area contributed by atoms with Crippen LogP contribution in [0.2, 0.25) is 0 Å². The minimum Gasteiger partial charge on any atom is -0.472 e. The van der Waals surface area contributed by atoms with Crippen molar-refractivity contribution in [2.24, 2.45) is 5.73 Å². The summed E-state index contributed by atoms with van der Waals surface area (Å²) in [5.74, 6) is 0.148. The normalized spacial score (nSPS) is 16.6. The first kappa shape index (κ1) is 17.7. The molecule has 1 aromatic heterocycles.